The molecule has 0 aliphatic heterocycles. The van der Waals surface area contributed by atoms with Gasteiger partial charge in [-0.1, -0.05) is 29.8 Å². The number of aromatic nitrogens is 1. The van der Waals surface area contributed by atoms with E-state index in [-0.39, 0.29) is 22.2 Å². The predicted molar refractivity (Wildman–Crippen MR) is 104 cm³/mol. The maximum atomic E-state index is 13.1. The molecule has 8 heteroatoms. The van der Waals surface area contributed by atoms with Gasteiger partial charge < -0.3 is 14.6 Å². The highest BCUT2D eigenvalue weighted by molar-refractivity contribution is 7.91. The molecular weight excluding hydrogens is 388 g/mol. The molecule has 1 heterocycles. The van der Waals surface area contributed by atoms with E-state index >= 15 is 0 Å². The van der Waals surface area contributed by atoms with E-state index in [0.29, 0.717) is 29.1 Å². The molecule has 0 atom stereocenters. The minimum Gasteiger partial charge on any atom is -0.383 e. The second kappa shape index (κ2) is 8.12. The van der Waals surface area contributed by atoms with E-state index in [1.807, 2.05) is 0 Å². The maximum absolute atomic E-state index is 13.1. The molecule has 0 saturated carbocycles. The Hall–Kier alpha value is -2.35. The van der Waals surface area contributed by atoms with Crippen molar-refractivity contribution in [2.45, 2.75) is 16.3 Å². The van der Waals surface area contributed by atoms with Gasteiger partial charge in [0, 0.05) is 35.8 Å². The van der Waals surface area contributed by atoms with Crippen molar-refractivity contribution in [3.05, 3.63) is 59.8 Å². The number of hydrogen-bond acceptors (Lipinski definition) is 4. The Labute approximate surface area is 162 Å². The molecule has 6 nitrogen and oxygen atoms in total. The number of nitrogens with zero attached hydrogens (tertiary/aromatic N) is 1. The quantitative estimate of drug-likeness (QED) is 0.612. The van der Waals surface area contributed by atoms with Crippen molar-refractivity contribution in [2.75, 3.05) is 20.3 Å². The van der Waals surface area contributed by atoms with E-state index in [1.54, 1.807) is 35.9 Å². The first-order valence-corrected chi connectivity index (χ1v) is 10.1. The first kappa shape index (κ1) is 19.4. The summed E-state index contributed by atoms with van der Waals surface area (Å²) >= 11 is 5.86. The molecule has 142 valence electrons. The molecule has 1 aromatic heterocycles. The molecular formula is C19H19ClN2O4S. The summed E-state index contributed by atoms with van der Waals surface area (Å²) in [5, 5.41) is 3.76. The van der Waals surface area contributed by atoms with Crippen LogP contribution in [0.2, 0.25) is 5.02 Å². The van der Waals surface area contributed by atoms with Gasteiger partial charge in [0.15, 0.2) is 0 Å². The van der Waals surface area contributed by atoms with Crippen molar-refractivity contribution in [2.24, 2.45) is 0 Å². The van der Waals surface area contributed by atoms with Crippen molar-refractivity contribution in [1.82, 2.24) is 9.88 Å². The largest absolute Gasteiger partial charge is 0.383 e. The van der Waals surface area contributed by atoms with Crippen LogP contribution in [0.3, 0.4) is 0 Å². The number of amides is 1. The fourth-order valence-corrected chi connectivity index (χ4v) is 4.40. The van der Waals surface area contributed by atoms with Crippen LogP contribution < -0.4 is 5.32 Å². The number of ether oxygens (including phenoxy) is 1. The second-order valence-electron chi connectivity index (χ2n) is 5.94. The first-order valence-electron chi connectivity index (χ1n) is 8.27. The predicted octanol–water partition coefficient (Wildman–Crippen LogP) is 2.89. The number of methoxy groups -OCH3 is 1. The Morgan fingerprint density at radius 2 is 1.85 bits per heavy atom. The maximum Gasteiger partial charge on any atom is 0.240 e. The number of benzene rings is 2. The summed E-state index contributed by atoms with van der Waals surface area (Å²) in [7, 11) is -2.19. The molecule has 0 spiro atoms. The Balaban J connectivity index is 1.99. The van der Waals surface area contributed by atoms with Crippen LogP contribution in [0.5, 0.6) is 0 Å². The molecule has 2 aromatic carbocycles. The van der Waals surface area contributed by atoms with Crippen LogP contribution in [-0.4, -0.2) is 39.2 Å². The number of halogens is 1. The van der Waals surface area contributed by atoms with Crippen LogP contribution in [0.25, 0.3) is 10.9 Å². The van der Waals surface area contributed by atoms with Crippen LogP contribution in [0, 0.1) is 0 Å². The van der Waals surface area contributed by atoms with Crippen LogP contribution >= 0.6 is 11.6 Å². The normalized spacial score (nSPS) is 11.6. The molecule has 0 saturated heterocycles. The third-order valence-electron chi connectivity index (χ3n) is 4.11. The number of rotatable bonds is 7. The molecule has 3 aromatic rings. The Kier molecular flexibility index (Phi) is 5.84. The highest BCUT2D eigenvalue weighted by Gasteiger charge is 2.23. The van der Waals surface area contributed by atoms with Crippen molar-refractivity contribution < 1.29 is 17.9 Å². The van der Waals surface area contributed by atoms with Gasteiger partial charge in [-0.2, -0.15) is 0 Å². The lowest BCUT2D eigenvalue weighted by Gasteiger charge is -2.06. The zero-order valence-corrected chi connectivity index (χ0v) is 16.3. The number of carbonyl (C=O) groups is 1. The van der Waals surface area contributed by atoms with E-state index in [9.17, 15) is 13.2 Å². The molecule has 0 unspecified atom stereocenters. The van der Waals surface area contributed by atoms with Crippen LogP contribution in [0.1, 0.15) is 0 Å². The number of sulfone groups is 1. The van der Waals surface area contributed by atoms with E-state index in [2.05, 4.69) is 5.32 Å². The van der Waals surface area contributed by atoms with E-state index < -0.39 is 9.84 Å². The Bertz CT molecular complexity index is 1060. The van der Waals surface area contributed by atoms with Gasteiger partial charge in [-0.15, -0.1) is 0 Å². The standard InChI is InChI=1S/C19H19ClN2O4S/c1-26-11-10-21-19(23)13-22-12-18(16-4-2-3-5-17(16)22)27(24,25)15-8-6-14(20)7-9-15/h2-9,12H,10-11,13H2,1H3,(H,21,23). The van der Waals surface area contributed by atoms with Crippen molar-refractivity contribution in [3.8, 4) is 0 Å². The number of carbonyl (C=O) groups excluding carboxylic acids is 1. The monoisotopic (exact) mass is 406 g/mol. The second-order valence-corrected chi connectivity index (χ2v) is 8.29. The minimum atomic E-state index is -3.75. The third-order valence-corrected chi connectivity index (χ3v) is 6.16. The van der Waals surface area contributed by atoms with Gasteiger partial charge in [0.2, 0.25) is 15.7 Å². The average Bonchev–Trinajstić information content (AvgIpc) is 3.02. The van der Waals surface area contributed by atoms with Crippen molar-refractivity contribution in [3.63, 3.8) is 0 Å². The molecule has 0 aliphatic rings. The van der Waals surface area contributed by atoms with E-state index in [4.69, 9.17) is 16.3 Å². The van der Waals surface area contributed by atoms with Gasteiger partial charge in [0.25, 0.3) is 0 Å². The number of fused-ring (bicyclic) bond motifs is 1. The summed E-state index contributed by atoms with van der Waals surface area (Å²) in [5.74, 6) is -0.219. The van der Waals surface area contributed by atoms with Gasteiger partial charge in [-0.3, -0.25) is 4.79 Å². The highest BCUT2D eigenvalue weighted by atomic mass is 35.5. The summed E-state index contributed by atoms with van der Waals surface area (Å²) in [6, 6.07) is 13.1. The van der Waals surface area contributed by atoms with Gasteiger partial charge in [-0.05, 0) is 30.3 Å². The molecule has 1 N–H and O–H groups in total. The van der Waals surface area contributed by atoms with Gasteiger partial charge in [-0.25, -0.2) is 8.42 Å². The van der Waals surface area contributed by atoms with Crippen molar-refractivity contribution in [1.29, 1.82) is 0 Å². The van der Waals surface area contributed by atoms with Gasteiger partial charge in [0.05, 0.1) is 16.4 Å². The summed E-state index contributed by atoms with van der Waals surface area (Å²) in [6.07, 6.45) is 1.50. The van der Waals surface area contributed by atoms with Crippen LogP contribution in [0.4, 0.5) is 0 Å². The summed E-state index contributed by atoms with van der Waals surface area (Å²) in [5.41, 5.74) is 0.673. The third kappa shape index (κ3) is 4.16. The summed E-state index contributed by atoms with van der Waals surface area (Å²) in [6.45, 7) is 0.819. The lowest BCUT2D eigenvalue weighted by Crippen LogP contribution is -2.30. The zero-order chi connectivity index (χ0) is 19.4. The SMILES string of the molecule is COCCNC(=O)Cn1cc(S(=O)(=O)c2ccc(Cl)cc2)c2ccccc21. The van der Waals surface area contributed by atoms with Crippen LogP contribution in [-0.2, 0) is 25.9 Å². The van der Waals surface area contributed by atoms with E-state index in [1.165, 1.54) is 30.5 Å². The molecule has 0 radical (unpaired) electrons. The molecule has 0 bridgehead atoms. The minimum absolute atomic E-state index is 0.0143. The van der Waals surface area contributed by atoms with Crippen molar-refractivity contribution >= 4 is 38.2 Å². The molecule has 0 fully saturated rings. The van der Waals surface area contributed by atoms with Gasteiger partial charge in [0.1, 0.15) is 6.54 Å². The Morgan fingerprint density at radius 1 is 1.15 bits per heavy atom. The summed E-state index contributed by atoms with van der Waals surface area (Å²) in [4.78, 5) is 12.5. The Morgan fingerprint density at radius 3 is 2.56 bits per heavy atom. The van der Waals surface area contributed by atoms with Gasteiger partial charge >= 0.3 is 0 Å². The average molecular weight is 407 g/mol. The molecule has 1 amide bonds. The molecule has 0 aliphatic carbocycles. The smallest absolute Gasteiger partial charge is 0.240 e. The number of nitrogens with one attached hydrogen (secondary N) is 1. The number of para-hydroxylation sites is 1. The first-order chi connectivity index (χ1) is 12.9. The lowest BCUT2D eigenvalue weighted by molar-refractivity contribution is -0.121. The topological polar surface area (TPSA) is 77.4 Å². The highest BCUT2D eigenvalue weighted by Crippen LogP contribution is 2.30. The fraction of sp³-hybridized carbons (Fsp3) is 0.211. The number of hydrogen-bond donors (Lipinski definition) is 1. The molecule has 27 heavy (non-hydrogen) atoms. The van der Waals surface area contributed by atoms with E-state index in [0.717, 1.165) is 0 Å². The summed E-state index contributed by atoms with van der Waals surface area (Å²) < 4.78 is 32.7. The lowest BCUT2D eigenvalue weighted by atomic mass is 10.2. The molecule has 3 rings (SSSR count). The fourth-order valence-electron chi connectivity index (χ4n) is 2.80. The zero-order valence-electron chi connectivity index (χ0n) is 14.7. The van der Waals surface area contributed by atoms with Crippen LogP contribution in [0.15, 0.2) is 64.5 Å².